The summed E-state index contributed by atoms with van der Waals surface area (Å²) in [5.41, 5.74) is 8.12. The van der Waals surface area contributed by atoms with E-state index in [0.29, 0.717) is 30.2 Å². The number of primary amides is 1. The molecule has 0 bridgehead atoms. The first-order chi connectivity index (χ1) is 15.7. The van der Waals surface area contributed by atoms with Crippen LogP contribution in [0.3, 0.4) is 0 Å². The summed E-state index contributed by atoms with van der Waals surface area (Å²) in [6.45, 7) is 7.48. The Labute approximate surface area is 195 Å². The number of hydrogen-bond donors (Lipinski definition) is 2. The first-order valence-corrected chi connectivity index (χ1v) is 10.9. The molecule has 3 rings (SSSR count). The first kappa shape index (κ1) is 24.0. The molecule has 0 aromatic heterocycles. The van der Waals surface area contributed by atoms with Crippen molar-refractivity contribution in [3.8, 4) is 5.75 Å². The third kappa shape index (κ3) is 7.19. The molecule has 0 aliphatic rings. The van der Waals surface area contributed by atoms with E-state index >= 15 is 0 Å². The summed E-state index contributed by atoms with van der Waals surface area (Å²) in [6.07, 6.45) is 0. The molecular weight excluding hydrogens is 414 g/mol. The Bertz CT molecular complexity index is 1080. The third-order valence-corrected chi connectivity index (χ3v) is 5.30. The Hall–Kier alpha value is -3.64. The van der Waals surface area contributed by atoms with E-state index in [4.69, 9.17) is 10.5 Å². The number of benzene rings is 3. The third-order valence-electron chi connectivity index (χ3n) is 5.30. The molecular formula is C27H31N3O3. The molecule has 0 aliphatic carbocycles. The number of hydrogen-bond acceptors (Lipinski definition) is 4. The van der Waals surface area contributed by atoms with Crippen molar-refractivity contribution < 1.29 is 14.3 Å². The van der Waals surface area contributed by atoms with E-state index < -0.39 is 6.03 Å². The number of carbonyl (C=O) groups is 2. The average Bonchev–Trinajstić information content (AvgIpc) is 2.78. The van der Waals surface area contributed by atoms with Crippen molar-refractivity contribution in [1.29, 1.82) is 0 Å². The normalized spacial score (nSPS) is 11.3. The summed E-state index contributed by atoms with van der Waals surface area (Å²) >= 11 is 0. The molecule has 3 aromatic rings. The summed E-state index contributed by atoms with van der Waals surface area (Å²) in [5, 5.41) is 2.58. The molecule has 3 aromatic carbocycles. The van der Waals surface area contributed by atoms with Crippen LogP contribution in [0.2, 0.25) is 0 Å². The van der Waals surface area contributed by atoms with Crippen molar-refractivity contribution in [2.24, 2.45) is 5.73 Å². The molecule has 0 fully saturated rings. The van der Waals surface area contributed by atoms with Gasteiger partial charge < -0.3 is 15.8 Å². The lowest BCUT2D eigenvalue weighted by Gasteiger charge is -2.35. The van der Waals surface area contributed by atoms with Gasteiger partial charge in [0.2, 0.25) is 0 Å². The summed E-state index contributed by atoms with van der Waals surface area (Å²) in [6, 6.07) is 24.1. The number of anilines is 1. The Morgan fingerprint density at radius 1 is 0.909 bits per heavy atom. The highest BCUT2D eigenvalue weighted by Crippen LogP contribution is 2.28. The van der Waals surface area contributed by atoms with Crippen molar-refractivity contribution >= 4 is 17.5 Å². The van der Waals surface area contributed by atoms with Crippen LogP contribution < -0.4 is 15.8 Å². The minimum atomic E-state index is -0.718. The van der Waals surface area contributed by atoms with Crippen LogP contribution in [-0.2, 0) is 13.2 Å². The quantitative estimate of drug-likeness (QED) is 0.441. The van der Waals surface area contributed by atoms with Crippen LogP contribution in [0, 0.1) is 0 Å². The monoisotopic (exact) mass is 445 g/mol. The number of nitrogens with two attached hydrogens (primary N) is 1. The van der Waals surface area contributed by atoms with Gasteiger partial charge in [0, 0.05) is 17.6 Å². The number of urea groups is 1. The Morgan fingerprint density at radius 3 is 2.09 bits per heavy atom. The van der Waals surface area contributed by atoms with Crippen molar-refractivity contribution in [2.45, 2.75) is 39.5 Å². The van der Waals surface area contributed by atoms with Crippen molar-refractivity contribution in [2.75, 3.05) is 11.9 Å². The fourth-order valence-corrected chi connectivity index (χ4v) is 3.39. The predicted octanol–water partition coefficient (Wildman–Crippen LogP) is 5.24. The molecule has 3 N–H and O–H groups in total. The number of nitrogens with zero attached hydrogens (tertiary/aromatic N) is 1. The van der Waals surface area contributed by atoms with Crippen LogP contribution in [-0.4, -0.2) is 28.8 Å². The lowest BCUT2D eigenvalue weighted by molar-refractivity contribution is 0.0793. The van der Waals surface area contributed by atoms with E-state index in [2.05, 4.69) is 43.1 Å². The maximum atomic E-state index is 13.2. The van der Waals surface area contributed by atoms with E-state index in [9.17, 15) is 9.59 Å². The highest BCUT2D eigenvalue weighted by molar-refractivity contribution is 6.00. The number of nitrogens with one attached hydrogen (secondary N) is 1. The summed E-state index contributed by atoms with van der Waals surface area (Å²) in [7, 11) is 0. The molecule has 0 radical (unpaired) electrons. The lowest BCUT2D eigenvalue weighted by atomic mass is 10.0. The van der Waals surface area contributed by atoms with Crippen LogP contribution in [0.15, 0.2) is 78.9 Å². The number of carbonyl (C=O) groups excluding carboxylic acids is 2. The van der Waals surface area contributed by atoms with Crippen LogP contribution in [0.4, 0.5) is 10.5 Å². The number of amides is 2. The van der Waals surface area contributed by atoms with Crippen LogP contribution in [0.25, 0.3) is 0 Å². The van der Waals surface area contributed by atoms with Gasteiger partial charge in [0.05, 0.1) is 12.2 Å². The maximum Gasteiger partial charge on any atom is 0.316 e. The molecule has 0 aliphatic heterocycles. The van der Waals surface area contributed by atoms with E-state index in [1.54, 1.807) is 18.2 Å². The highest BCUT2D eigenvalue weighted by atomic mass is 16.5. The second-order valence-electron chi connectivity index (χ2n) is 8.91. The molecule has 6 heteroatoms. The van der Waals surface area contributed by atoms with Gasteiger partial charge in [0.1, 0.15) is 12.4 Å². The van der Waals surface area contributed by atoms with E-state index in [1.165, 1.54) is 0 Å². The number of Topliss-reactive ketones (excluding diaryl/α,β-unsaturated/α-hetero) is 1. The summed E-state index contributed by atoms with van der Waals surface area (Å²) in [4.78, 5) is 26.9. The average molecular weight is 446 g/mol. The van der Waals surface area contributed by atoms with Gasteiger partial charge in [-0.15, -0.1) is 0 Å². The second kappa shape index (κ2) is 10.8. The number of ketones is 1. The molecule has 0 atom stereocenters. The number of ether oxygens (including phenoxy) is 1. The van der Waals surface area contributed by atoms with Crippen LogP contribution in [0.1, 0.15) is 42.3 Å². The molecule has 6 nitrogen and oxygen atoms in total. The molecule has 2 amide bonds. The SMILES string of the molecule is CC(C)(C)N(CC(=O)c1ccc(OCc2ccccc2)c(NC(N)=O)c1)Cc1ccccc1. The maximum absolute atomic E-state index is 13.2. The smallest absolute Gasteiger partial charge is 0.316 e. The van der Waals surface area contributed by atoms with Gasteiger partial charge in [-0.25, -0.2) is 4.79 Å². The molecule has 0 spiro atoms. The van der Waals surface area contributed by atoms with Crippen molar-refractivity contribution in [3.05, 3.63) is 95.6 Å². The van der Waals surface area contributed by atoms with E-state index in [-0.39, 0.29) is 17.9 Å². The molecule has 0 unspecified atom stereocenters. The first-order valence-electron chi connectivity index (χ1n) is 10.9. The molecule has 172 valence electrons. The van der Waals surface area contributed by atoms with Crippen molar-refractivity contribution in [3.63, 3.8) is 0 Å². The molecule has 0 saturated carbocycles. The fraction of sp³-hybridized carbons (Fsp3) is 0.259. The van der Waals surface area contributed by atoms with Crippen LogP contribution in [0.5, 0.6) is 5.75 Å². The standard InChI is InChI=1S/C27H31N3O3/c1-27(2,3)30(17-20-10-6-4-7-11-20)18-24(31)22-14-15-25(23(16-22)29-26(28)32)33-19-21-12-8-5-9-13-21/h4-16H,17-19H2,1-3H3,(H3,28,29,32). The minimum absolute atomic E-state index is 0.0528. The number of rotatable bonds is 9. The molecule has 0 heterocycles. The summed E-state index contributed by atoms with van der Waals surface area (Å²) < 4.78 is 5.88. The topological polar surface area (TPSA) is 84.7 Å². The van der Waals surface area contributed by atoms with Crippen molar-refractivity contribution in [1.82, 2.24) is 4.90 Å². The summed E-state index contributed by atoms with van der Waals surface area (Å²) in [5.74, 6) is 0.397. The van der Waals surface area contributed by atoms with Gasteiger partial charge in [-0.1, -0.05) is 60.7 Å². The van der Waals surface area contributed by atoms with Gasteiger partial charge in [-0.2, -0.15) is 0 Å². The Balaban J connectivity index is 1.78. The zero-order chi connectivity index (χ0) is 23.8. The molecule has 0 saturated heterocycles. The van der Waals surface area contributed by atoms with Gasteiger partial charge >= 0.3 is 6.03 Å². The Morgan fingerprint density at radius 2 is 1.52 bits per heavy atom. The predicted molar refractivity (Wildman–Crippen MR) is 131 cm³/mol. The zero-order valence-electron chi connectivity index (χ0n) is 19.4. The highest BCUT2D eigenvalue weighted by Gasteiger charge is 2.25. The largest absolute Gasteiger partial charge is 0.487 e. The van der Waals surface area contributed by atoms with E-state index in [0.717, 1.165) is 11.1 Å². The minimum Gasteiger partial charge on any atom is -0.487 e. The second-order valence-corrected chi connectivity index (χ2v) is 8.91. The zero-order valence-corrected chi connectivity index (χ0v) is 19.4. The van der Waals surface area contributed by atoms with Gasteiger partial charge in [0.25, 0.3) is 0 Å². The lowest BCUT2D eigenvalue weighted by Crippen LogP contribution is -2.43. The van der Waals surface area contributed by atoms with Gasteiger partial charge in [-0.05, 0) is 50.1 Å². The Kier molecular flexibility index (Phi) is 7.85. The van der Waals surface area contributed by atoms with E-state index in [1.807, 2.05) is 48.5 Å². The molecule has 33 heavy (non-hydrogen) atoms. The van der Waals surface area contributed by atoms with Gasteiger partial charge in [-0.3, -0.25) is 9.69 Å². The fourth-order valence-electron chi connectivity index (χ4n) is 3.39. The van der Waals surface area contributed by atoms with Gasteiger partial charge in [0.15, 0.2) is 5.78 Å². The van der Waals surface area contributed by atoms with Crippen LogP contribution >= 0.6 is 0 Å².